The Morgan fingerprint density at radius 2 is 2.43 bits per heavy atom. The maximum absolute atomic E-state index is 10.2. The minimum absolute atomic E-state index is 0.311. The molecule has 1 saturated heterocycles. The number of rotatable bonds is 2. The van der Waals surface area contributed by atoms with Crippen LogP contribution in [0, 0.1) is 11.8 Å². The number of aromatic nitrogens is 2. The Labute approximate surface area is 84.0 Å². The first kappa shape index (κ1) is 9.68. The van der Waals surface area contributed by atoms with Gasteiger partial charge in [0.25, 0.3) is 0 Å². The molecular weight excluding hydrogens is 178 g/mol. The summed E-state index contributed by atoms with van der Waals surface area (Å²) in [6.07, 6.45) is 3.08. The van der Waals surface area contributed by atoms with Crippen LogP contribution in [0.25, 0.3) is 0 Å². The van der Waals surface area contributed by atoms with E-state index in [1.807, 2.05) is 11.6 Å². The molecule has 0 spiro atoms. The minimum atomic E-state index is -0.396. The van der Waals surface area contributed by atoms with Crippen molar-refractivity contribution in [2.75, 3.05) is 13.1 Å². The van der Waals surface area contributed by atoms with Gasteiger partial charge in [-0.15, -0.1) is 0 Å². The van der Waals surface area contributed by atoms with E-state index < -0.39 is 6.10 Å². The summed E-state index contributed by atoms with van der Waals surface area (Å²) in [6.45, 7) is 4.07. The molecule has 1 fully saturated rings. The molecule has 0 aliphatic carbocycles. The van der Waals surface area contributed by atoms with E-state index in [9.17, 15) is 5.11 Å². The lowest BCUT2D eigenvalue weighted by molar-refractivity contribution is 0.0916. The van der Waals surface area contributed by atoms with Gasteiger partial charge in [0.05, 0.1) is 24.3 Å². The first-order valence-electron chi connectivity index (χ1n) is 5.05. The van der Waals surface area contributed by atoms with Gasteiger partial charge in [0.2, 0.25) is 0 Å². The fraction of sp³-hybridized carbons (Fsp3) is 0.700. The molecule has 4 heteroatoms. The van der Waals surface area contributed by atoms with Gasteiger partial charge in [-0.2, -0.15) is 0 Å². The Hall–Kier alpha value is -0.870. The van der Waals surface area contributed by atoms with Gasteiger partial charge in [0, 0.05) is 19.5 Å². The van der Waals surface area contributed by atoms with Crippen molar-refractivity contribution in [2.45, 2.75) is 13.0 Å². The number of hydrogen-bond donors (Lipinski definition) is 2. The van der Waals surface area contributed by atoms with Crippen LogP contribution in [0.15, 0.2) is 12.5 Å². The maximum atomic E-state index is 10.2. The smallest absolute Gasteiger partial charge is 0.0998 e. The molecule has 1 aromatic heterocycles. The molecule has 1 aromatic rings. The van der Waals surface area contributed by atoms with Gasteiger partial charge in [0.1, 0.15) is 0 Å². The molecule has 14 heavy (non-hydrogen) atoms. The molecular formula is C10H17N3O. The summed E-state index contributed by atoms with van der Waals surface area (Å²) in [5, 5.41) is 13.5. The molecule has 78 valence electrons. The van der Waals surface area contributed by atoms with Crippen molar-refractivity contribution < 1.29 is 5.11 Å². The molecule has 0 bridgehead atoms. The minimum Gasteiger partial charge on any atom is -0.386 e. The van der Waals surface area contributed by atoms with Crippen molar-refractivity contribution in [1.29, 1.82) is 0 Å². The first-order chi connectivity index (χ1) is 6.70. The highest BCUT2D eigenvalue weighted by Crippen LogP contribution is 2.29. The Morgan fingerprint density at radius 3 is 2.93 bits per heavy atom. The van der Waals surface area contributed by atoms with Crippen molar-refractivity contribution in [3.8, 4) is 0 Å². The number of nitrogens with zero attached hydrogens (tertiary/aromatic N) is 2. The van der Waals surface area contributed by atoms with E-state index in [4.69, 9.17) is 0 Å². The van der Waals surface area contributed by atoms with Crippen molar-refractivity contribution in [3.05, 3.63) is 18.2 Å². The molecule has 2 heterocycles. The van der Waals surface area contributed by atoms with Gasteiger partial charge in [-0.3, -0.25) is 0 Å². The average molecular weight is 195 g/mol. The monoisotopic (exact) mass is 195 g/mol. The van der Waals surface area contributed by atoms with E-state index in [1.54, 1.807) is 12.5 Å². The first-order valence-corrected chi connectivity index (χ1v) is 5.05. The second-order valence-electron chi connectivity index (χ2n) is 4.17. The largest absolute Gasteiger partial charge is 0.386 e. The van der Waals surface area contributed by atoms with E-state index in [0.717, 1.165) is 18.8 Å². The maximum Gasteiger partial charge on any atom is 0.0998 e. The highest BCUT2D eigenvalue weighted by atomic mass is 16.3. The van der Waals surface area contributed by atoms with Crippen LogP contribution in [0.4, 0.5) is 0 Å². The van der Waals surface area contributed by atoms with Gasteiger partial charge in [-0.05, 0) is 12.5 Å². The van der Waals surface area contributed by atoms with Gasteiger partial charge in [-0.1, -0.05) is 6.92 Å². The third kappa shape index (κ3) is 1.55. The summed E-state index contributed by atoms with van der Waals surface area (Å²) in [6, 6.07) is 0. The highest BCUT2D eigenvalue weighted by molar-refractivity contribution is 5.05. The summed E-state index contributed by atoms with van der Waals surface area (Å²) in [4.78, 5) is 4.02. The predicted molar refractivity (Wildman–Crippen MR) is 53.7 cm³/mol. The standard InChI is InChI=1S/C10H17N3O/c1-7-3-11-4-8(7)10(14)9-5-12-6-13(9)2/h5-8,10-11,14H,3-4H2,1-2H3. The summed E-state index contributed by atoms with van der Waals surface area (Å²) in [5.41, 5.74) is 0.908. The number of aryl methyl sites for hydroxylation is 1. The van der Waals surface area contributed by atoms with E-state index in [0.29, 0.717) is 11.8 Å². The Kier molecular flexibility index (Phi) is 2.56. The quantitative estimate of drug-likeness (QED) is 0.714. The summed E-state index contributed by atoms with van der Waals surface area (Å²) in [7, 11) is 1.92. The molecule has 1 aliphatic heterocycles. The van der Waals surface area contributed by atoms with Gasteiger partial charge in [0.15, 0.2) is 0 Å². The van der Waals surface area contributed by atoms with Gasteiger partial charge in [-0.25, -0.2) is 4.98 Å². The van der Waals surface area contributed by atoms with Crippen molar-refractivity contribution >= 4 is 0 Å². The Morgan fingerprint density at radius 1 is 1.64 bits per heavy atom. The molecule has 0 radical (unpaired) electrons. The zero-order valence-electron chi connectivity index (χ0n) is 8.64. The molecule has 3 unspecified atom stereocenters. The van der Waals surface area contributed by atoms with Crippen LogP contribution >= 0.6 is 0 Å². The van der Waals surface area contributed by atoms with E-state index >= 15 is 0 Å². The topological polar surface area (TPSA) is 50.1 Å². The van der Waals surface area contributed by atoms with Gasteiger partial charge < -0.3 is 15.0 Å². The lowest BCUT2D eigenvalue weighted by Gasteiger charge is -2.21. The fourth-order valence-electron chi connectivity index (χ4n) is 2.12. The third-order valence-corrected chi connectivity index (χ3v) is 3.14. The molecule has 4 nitrogen and oxygen atoms in total. The third-order valence-electron chi connectivity index (χ3n) is 3.14. The van der Waals surface area contributed by atoms with Crippen molar-refractivity contribution in [3.63, 3.8) is 0 Å². The van der Waals surface area contributed by atoms with Crippen LogP contribution in [0.2, 0.25) is 0 Å². The number of aliphatic hydroxyl groups is 1. The second-order valence-corrected chi connectivity index (χ2v) is 4.17. The van der Waals surface area contributed by atoms with Crippen LogP contribution < -0.4 is 5.32 Å². The molecule has 1 aliphatic rings. The summed E-state index contributed by atoms with van der Waals surface area (Å²) in [5.74, 6) is 0.838. The number of imidazole rings is 1. The zero-order chi connectivity index (χ0) is 10.1. The molecule has 3 atom stereocenters. The number of aliphatic hydroxyl groups excluding tert-OH is 1. The van der Waals surface area contributed by atoms with Crippen LogP contribution in [0.1, 0.15) is 18.7 Å². The van der Waals surface area contributed by atoms with E-state index in [1.165, 1.54) is 0 Å². The van der Waals surface area contributed by atoms with E-state index in [2.05, 4.69) is 17.2 Å². The zero-order valence-corrected chi connectivity index (χ0v) is 8.64. The van der Waals surface area contributed by atoms with E-state index in [-0.39, 0.29) is 0 Å². The molecule has 2 N–H and O–H groups in total. The molecule has 0 aromatic carbocycles. The Bertz CT molecular complexity index is 310. The highest BCUT2D eigenvalue weighted by Gasteiger charge is 2.31. The normalized spacial score (nSPS) is 29.4. The van der Waals surface area contributed by atoms with Crippen LogP contribution in [-0.2, 0) is 7.05 Å². The second kappa shape index (κ2) is 3.71. The van der Waals surface area contributed by atoms with Crippen LogP contribution in [-0.4, -0.2) is 27.7 Å². The fourth-order valence-corrected chi connectivity index (χ4v) is 2.12. The van der Waals surface area contributed by atoms with Crippen molar-refractivity contribution in [2.24, 2.45) is 18.9 Å². The van der Waals surface area contributed by atoms with Gasteiger partial charge >= 0.3 is 0 Å². The van der Waals surface area contributed by atoms with Crippen LogP contribution in [0.5, 0.6) is 0 Å². The summed E-state index contributed by atoms with van der Waals surface area (Å²) < 4.78 is 1.88. The number of nitrogens with one attached hydrogen (secondary N) is 1. The SMILES string of the molecule is CC1CNCC1C(O)c1cncn1C. The average Bonchev–Trinajstić information content (AvgIpc) is 2.73. The van der Waals surface area contributed by atoms with Crippen molar-refractivity contribution in [1.82, 2.24) is 14.9 Å². The molecule has 0 amide bonds. The number of hydrogen-bond acceptors (Lipinski definition) is 3. The summed E-state index contributed by atoms with van der Waals surface area (Å²) >= 11 is 0. The lowest BCUT2D eigenvalue weighted by Crippen LogP contribution is -2.21. The Balaban J connectivity index is 2.15. The molecule has 0 saturated carbocycles. The predicted octanol–water partition coefficient (Wildman–Crippen LogP) is 0.309. The molecule has 2 rings (SSSR count). The lowest BCUT2D eigenvalue weighted by atomic mass is 9.91. The van der Waals surface area contributed by atoms with Crippen LogP contribution in [0.3, 0.4) is 0 Å².